The van der Waals surface area contributed by atoms with Crippen LogP contribution in [0.2, 0.25) is 0 Å². The van der Waals surface area contributed by atoms with Crippen molar-refractivity contribution in [2.45, 2.75) is 26.4 Å². The van der Waals surface area contributed by atoms with Crippen molar-refractivity contribution in [2.24, 2.45) is 4.99 Å². The molecule has 1 saturated heterocycles. The summed E-state index contributed by atoms with van der Waals surface area (Å²) in [6.07, 6.45) is 1.10. The first-order valence-electron chi connectivity index (χ1n) is 9.73. The maximum Gasteiger partial charge on any atom is 0.191 e. The van der Waals surface area contributed by atoms with Gasteiger partial charge in [-0.05, 0) is 45.1 Å². The van der Waals surface area contributed by atoms with Gasteiger partial charge in [-0.25, -0.2) is 4.99 Å². The summed E-state index contributed by atoms with van der Waals surface area (Å²) in [7, 11) is 4.20. The molecule has 26 heavy (non-hydrogen) atoms. The first-order valence-corrected chi connectivity index (χ1v) is 9.73. The summed E-state index contributed by atoms with van der Waals surface area (Å²) in [5.41, 5.74) is 2.66. The van der Waals surface area contributed by atoms with Gasteiger partial charge in [-0.15, -0.1) is 0 Å². The molecule has 2 N–H and O–H groups in total. The average molecular weight is 362 g/mol. The molecule has 0 unspecified atom stereocenters. The summed E-state index contributed by atoms with van der Waals surface area (Å²) in [6, 6.07) is 8.63. The van der Waals surface area contributed by atoms with Crippen molar-refractivity contribution in [3.63, 3.8) is 0 Å². The Labute approximate surface area is 158 Å². The maximum absolute atomic E-state index is 5.45. The number of hydrogen-bond acceptors (Lipinski definition) is 4. The maximum atomic E-state index is 5.45. The van der Waals surface area contributed by atoms with Gasteiger partial charge >= 0.3 is 0 Å². The predicted molar refractivity (Wildman–Crippen MR) is 109 cm³/mol. The Morgan fingerprint density at radius 1 is 1.15 bits per heavy atom. The van der Waals surface area contributed by atoms with Crippen molar-refractivity contribution in [1.82, 2.24) is 20.4 Å². The van der Waals surface area contributed by atoms with Crippen LogP contribution in [-0.2, 0) is 17.8 Å². The Hall–Kier alpha value is -1.63. The average Bonchev–Trinajstić information content (AvgIpc) is 2.65. The lowest BCUT2D eigenvalue weighted by atomic mass is 10.1. The minimum absolute atomic E-state index is 0.698. The zero-order chi connectivity index (χ0) is 18.6. The zero-order valence-electron chi connectivity index (χ0n) is 16.6. The smallest absolute Gasteiger partial charge is 0.191 e. The number of guanidine groups is 1. The summed E-state index contributed by atoms with van der Waals surface area (Å²) in [5, 5.41) is 6.77. The zero-order valence-corrected chi connectivity index (χ0v) is 16.6. The second-order valence-corrected chi connectivity index (χ2v) is 6.94. The SMILES string of the molecule is CCNC(=NCc1ccccc1CN1CCOCC1)NCCCN(C)C. The highest BCUT2D eigenvalue weighted by Crippen LogP contribution is 2.14. The number of aliphatic imine (C=N–C) groups is 1. The topological polar surface area (TPSA) is 52.1 Å². The number of hydrogen-bond donors (Lipinski definition) is 2. The van der Waals surface area contributed by atoms with Gasteiger partial charge < -0.3 is 20.3 Å². The lowest BCUT2D eigenvalue weighted by Crippen LogP contribution is -2.38. The second kappa shape index (κ2) is 11.9. The molecule has 0 amide bonds. The number of rotatable bonds is 9. The quantitative estimate of drug-likeness (QED) is 0.397. The number of nitrogens with one attached hydrogen (secondary N) is 2. The standard InChI is InChI=1S/C20H35N5O/c1-4-21-20(22-10-7-11-24(2)3)23-16-18-8-5-6-9-19(18)17-25-12-14-26-15-13-25/h5-6,8-9H,4,7,10-17H2,1-3H3,(H2,21,22,23). The summed E-state index contributed by atoms with van der Waals surface area (Å²) in [6.45, 7) is 10.3. The van der Waals surface area contributed by atoms with Gasteiger partial charge in [-0.3, -0.25) is 4.90 Å². The van der Waals surface area contributed by atoms with E-state index in [1.807, 2.05) is 0 Å². The van der Waals surface area contributed by atoms with Gasteiger partial charge in [0.2, 0.25) is 0 Å². The molecule has 1 aliphatic rings. The van der Waals surface area contributed by atoms with Crippen LogP contribution in [0.5, 0.6) is 0 Å². The van der Waals surface area contributed by atoms with E-state index in [1.165, 1.54) is 11.1 Å². The van der Waals surface area contributed by atoms with Crippen LogP contribution in [0, 0.1) is 0 Å². The lowest BCUT2D eigenvalue weighted by molar-refractivity contribution is 0.0341. The molecule has 0 radical (unpaired) electrons. The van der Waals surface area contributed by atoms with E-state index in [2.05, 4.69) is 65.7 Å². The van der Waals surface area contributed by atoms with Crippen molar-refractivity contribution < 1.29 is 4.74 Å². The number of morpholine rings is 1. The van der Waals surface area contributed by atoms with Gasteiger partial charge in [0.05, 0.1) is 19.8 Å². The summed E-state index contributed by atoms with van der Waals surface area (Å²) >= 11 is 0. The largest absolute Gasteiger partial charge is 0.379 e. The van der Waals surface area contributed by atoms with Crippen molar-refractivity contribution in [3.8, 4) is 0 Å². The molecule has 1 aromatic carbocycles. The molecule has 0 spiro atoms. The summed E-state index contributed by atoms with van der Waals surface area (Å²) in [4.78, 5) is 9.45. The van der Waals surface area contributed by atoms with E-state index in [9.17, 15) is 0 Å². The molecular weight excluding hydrogens is 326 g/mol. The molecule has 2 rings (SSSR count). The van der Waals surface area contributed by atoms with Crippen molar-refractivity contribution >= 4 is 5.96 Å². The third-order valence-electron chi connectivity index (χ3n) is 4.44. The Balaban J connectivity index is 1.92. The van der Waals surface area contributed by atoms with E-state index in [0.717, 1.165) is 64.9 Å². The van der Waals surface area contributed by atoms with E-state index in [0.29, 0.717) is 6.54 Å². The van der Waals surface area contributed by atoms with Crippen molar-refractivity contribution in [1.29, 1.82) is 0 Å². The molecule has 0 aromatic heterocycles. The monoisotopic (exact) mass is 361 g/mol. The third-order valence-corrected chi connectivity index (χ3v) is 4.44. The van der Waals surface area contributed by atoms with E-state index >= 15 is 0 Å². The molecule has 1 heterocycles. The Kier molecular flexibility index (Phi) is 9.45. The normalized spacial score (nSPS) is 16.1. The van der Waals surface area contributed by atoms with Crippen LogP contribution in [0.25, 0.3) is 0 Å². The van der Waals surface area contributed by atoms with Gasteiger partial charge in [-0.1, -0.05) is 24.3 Å². The van der Waals surface area contributed by atoms with Gasteiger partial charge in [0.25, 0.3) is 0 Å². The third kappa shape index (κ3) is 7.72. The van der Waals surface area contributed by atoms with Gasteiger partial charge in [0, 0.05) is 32.7 Å². The molecule has 0 bridgehead atoms. The highest BCUT2D eigenvalue weighted by molar-refractivity contribution is 5.79. The van der Waals surface area contributed by atoms with E-state index in [4.69, 9.17) is 9.73 Å². The predicted octanol–water partition coefficient (Wildman–Crippen LogP) is 1.53. The molecule has 6 nitrogen and oxygen atoms in total. The van der Waals surface area contributed by atoms with Crippen LogP contribution in [0.4, 0.5) is 0 Å². The minimum atomic E-state index is 0.698. The van der Waals surface area contributed by atoms with Crippen LogP contribution in [0.15, 0.2) is 29.3 Å². The first-order chi connectivity index (χ1) is 12.7. The molecule has 6 heteroatoms. The molecular formula is C20H35N5O. The van der Waals surface area contributed by atoms with Gasteiger partial charge in [-0.2, -0.15) is 0 Å². The Morgan fingerprint density at radius 2 is 1.88 bits per heavy atom. The lowest BCUT2D eigenvalue weighted by Gasteiger charge is -2.27. The number of benzene rings is 1. The van der Waals surface area contributed by atoms with E-state index in [-0.39, 0.29) is 0 Å². The van der Waals surface area contributed by atoms with Gasteiger partial charge in [0.1, 0.15) is 0 Å². The van der Waals surface area contributed by atoms with E-state index < -0.39 is 0 Å². The molecule has 1 aliphatic heterocycles. The van der Waals surface area contributed by atoms with Crippen LogP contribution in [0.3, 0.4) is 0 Å². The molecule has 1 aromatic rings. The fourth-order valence-electron chi connectivity index (χ4n) is 2.97. The second-order valence-electron chi connectivity index (χ2n) is 6.94. The Morgan fingerprint density at radius 3 is 2.58 bits per heavy atom. The van der Waals surface area contributed by atoms with Crippen LogP contribution >= 0.6 is 0 Å². The molecule has 0 atom stereocenters. The first kappa shape index (κ1) is 20.7. The van der Waals surface area contributed by atoms with Crippen molar-refractivity contribution in [2.75, 3.05) is 60.0 Å². The minimum Gasteiger partial charge on any atom is -0.379 e. The number of nitrogens with zero attached hydrogens (tertiary/aromatic N) is 3. The van der Waals surface area contributed by atoms with Gasteiger partial charge in [0.15, 0.2) is 5.96 Å². The van der Waals surface area contributed by atoms with Crippen LogP contribution in [0.1, 0.15) is 24.5 Å². The highest BCUT2D eigenvalue weighted by Gasteiger charge is 2.12. The van der Waals surface area contributed by atoms with Crippen LogP contribution in [-0.4, -0.2) is 75.8 Å². The molecule has 1 fully saturated rings. The Bertz CT molecular complexity index is 541. The molecule has 0 saturated carbocycles. The van der Waals surface area contributed by atoms with Crippen molar-refractivity contribution in [3.05, 3.63) is 35.4 Å². The summed E-state index contributed by atoms with van der Waals surface area (Å²) < 4.78 is 5.45. The fraction of sp³-hybridized carbons (Fsp3) is 0.650. The highest BCUT2D eigenvalue weighted by atomic mass is 16.5. The summed E-state index contributed by atoms with van der Waals surface area (Å²) in [5.74, 6) is 0.896. The number of ether oxygens (including phenoxy) is 1. The molecule has 146 valence electrons. The van der Waals surface area contributed by atoms with E-state index in [1.54, 1.807) is 0 Å². The van der Waals surface area contributed by atoms with Crippen LogP contribution < -0.4 is 10.6 Å². The fourth-order valence-corrected chi connectivity index (χ4v) is 2.97. The molecule has 0 aliphatic carbocycles.